The average molecular weight is 595 g/mol. The zero-order valence-corrected chi connectivity index (χ0v) is 23.6. The van der Waals surface area contributed by atoms with E-state index in [-0.39, 0.29) is 0 Å². The van der Waals surface area contributed by atoms with Crippen molar-refractivity contribution in [3.05, 3.63) is 132 Å². The fourth-order valence-electron chi connectivity index (χ4n) is 8.41. The van der Waals surface area contributed by atoms with Crippen molar-refractivity contribution < 1.29 is 0 Å². The molecule has 5 aliphatic rings. The third-order valence-electron chi connectivity index (χ3n) is 9.98. The second-order valence-electron chi connectivity index (χ2n) is 11.8. The second kappa shape index (κ2) is 9.73. The van der Waals surface area contributed by atoms with Crippen LogP contribution in [0.1, 0.15) is 31.2 Å². The van der Waals surface area contributed by atoms with Crippen molar-refractivity contribution >= 4 is 22.6 Å². The summed E-state index contributed by atoms with van der Waals surface area (Å²) in [5.74, 6) is 4.91. The van der Waals surface area contributed by atoms with Crippen molar-refractivity contribution in [3.8, 4) is 11.1 Å². The van der Waals surface area contributed by atoms with E-state index < -0.39 is 0 Å². The van der Waals surface area contributed by atoms with Crippen molar-refractivity contribution in [1.82, 2.24) is 0 Å². The third-order valence-corrected chi connectivity index (χ3v) is 11.3. The van der Waals surface area contributed by atoms with E-state index in [4.69, 9.17) is 0 Å². The quantitative estimate of drug-likeness (QED) is 0.240. The van der Waals surface area contributed by atoms with E-state index in [2.05, 4.69) is 145 Å². The van der Waals surface area contributed by atoms with E-state index in [1.807, 2.05) is 0 Å². The molecule has 0 aromatic heterocycles. The van der Waals surface area contributed by atoms with Gasteiger partial charge in [0.05, 0.1) is 0 Å². The maximum atomic E-state index is 2.76. The van der Waals surface area contributed by atoms with Crippen LogP contribution in [0.5, 0.6) is 0 Å². The average Bonchev–Trinajstić information content (AvgIpc) is 3.13. The van der Waals surface area contributed by atoms with Gasteiger partial charge in [0.2, 0.25) is 0 Å². The van der Waals surface area contributed by atoms with Gasteiger partial charge < -0.3 is 0 Å². The predicted molar refractivity (Wildman–Crippen MR) is 164 cm³/mol. The number of hydrogen-bond donors (Lipinski definition) is 0. The van der Waals surface area contributed by atoms with Gasteiger partial charge in [0.15, 0.2) is 0 Å². The predicted octanol–water partition coefficient (Wildman–Crippen LogP) is 9.50. The van der Waals surface area contributed by atoms with Crippen LogP contribution in [0.3, 0.4) is 0 Å². The van der Waals surface area contributed by atoms with E-state index >= 15 is 0 Å². The van der Waals surface area contributed by atoms with Gasteiger partial charge in [-0.1, -0.05) is 145 Å². The van der Waals surface area contributed by atoms with E-state index in [1.165, 1.54) is 24.0 Å². The van der Waals surface area contributed by atoms with Gasteiger partial charge in [-0.2, -0.15) is 0 Å². The van der Waals surface area contributed by atoms with Crippen LogP contribution in [0.4, 0.5) is 0 Å². The number of hydrogen-bond acceptors (Lipinski definition) is 0. The Bertz CT molecular complexity index is 1270. The van der Waals surface area contributed by atoms with Crippen molar-refractivity contribution in [1.29, 1.82) is 0 Å². The molecule has 0 nitrogen and oxygen atoms in total. The van der Waals surface area contributed by atoms with Crippen molar-refractivity contribution in [2.75, 3.05) is 0 Å². The standard InChI is InChI=1S/C36H35I/c1-23-21-27-11-5-7-13-30(27)35-29(23)19-20-32-33(37)22-28-12-6-8-14-31(28)36(32)34(35)26-17-15-25(16-18-26)24-9-3-2-4-10-24/h2-18,21-23,29-36H,19-20H2,1H3/t23-,29?,30?,31-,32?,33?,34?,35-,36?/m1/s1. The number of allylic oxidation sites excluding steroid dienone is 12. The SMILES string of the molecule is C[C@@H]1C=C2C=CC=CC2[C@@H]2C(c3ccc(-c4ccccc4)cc3)C3C(CCC21)C(I)C=C1C=CC=C[C@H]13. The molecule has 2 aromatic carbocycles. The highest BCUT2D eigenvalue weighted by Crippen LogP contribution is 2.60. The highest BCUT2D eigenvalue weighted by Gasteiger charge is 2.52. The first-order chi connectivity index (χ1) is 18.2. The molecule has 37 heavy (non-hydrogen) atoms. The Balaban J connectivity index is 1.39. The van der Waals surface area contributed by atoms with Crippen LogP contribution in [0, 0.1) is 41.4 Å². The zero-order valence-electron chi connectivity index (χ0n) is 21.5. The fourth-order valence-corrected chi connectivity index (χ4v) is 9.66. The van der Waals surface area contributed by atoms with Crippen LogP contribution >= 0.6 is 22.6 Å². The molecule has 5 aliphatic carbocycles. The molecular weight excluding hydrogens is 559 g/mol. The molecule has 6 unspecified atom stereocenters. The Kier molecular flexibility index (Phi) is 6.23. The lowest BCUT2D eigenvalue weighted by Crippen LogP contribution is -2.42. The van der Waals surface area contributed by atoms with Crippen LogP contribution < -0.4 is 0 Å². The first-order valence-corrected chi connectivity index (χ1v) is 15.4. The molecule has 1 heteroatoms. The molecule has 1 saturated carbocycles. The molecule has 186 valence electrons. The van der Waals surface area contributed by atoms with Crippen molar-refractivity contribution in [2.45, 2.75) is 29.6 Å². The van der Waals surface area contributed by atoms with Crippen molar-refractivity contribution in [3.63, 3.8) is 0 Å². The number of alkyl halides is 1. The molecule has 0 N–H and O–H groups in total. The van der Waals surface area contributed by atoms with Gasteiger partial charge >= 0.3 is 0 Å². The fraction of sp³-hybridized carbons (Fsp3) is 0.333. The molecule has 9 atom stereocenters. The lowest BCUT2D eigenvalue weighted by molar-refractivity contribution is 0.138. The number of halogens is 1. The van der Waals surface area contributed by atoms with E-state index in [1.54, 1.807) is 16.7 Å². The van der Waals surface area contributed by atoms with E-state index in [0.29, 0.717) is 45.3 Å². The van der Waals surface area contributed by atoms with Gasteiger partial charge in [-0.3, -0.25) is 0 Å². The number of rotatable bonds is 2. The number of fused-ring (bicyclic) bond motifs is 6. The lowest BCUT2D eigenvalue weighted by Gasteiger charge is -2.49. The lowest BCUT2D eigenvalue weighted by atomic mass is 9.55. The Morgan fingerprint density at radius 2 is 1.24 bits per heavy atom. The first-order valence-electron chi connectivity index (χ1n) is 14.1. The molecular formula is C36H35I. The smallest absolute Gasteiger partial charge is 0.0326 e. The molecule has 0 heterocycles. The highest BCUT2D eigenvalue weighted by atomic mass is 127. The monoisotopic (exact) mass is 594 g/mol. The van der Waals surface area contributed by atoms with E-state index in [9.17, 15) is 0 Å². The summed E-state index contributed by atoms with van der Waals surface area (Å²) in [7, 11) is 0. The molecule has 7 rings (SSSR count). The van der Waals surface area contributed by atoms with Crippen LogP contribution in [0.15, 0.2) is 127 Å². The molecule has 0 spiro atoms. The maximum Gasteiger partial charge on any atom is 0.0326 e. The van der Waals surface area contributed by atoms with E-state index in [0.717, 1.165) is 5.92 Å². The Morgan fingerprint density at radius 1 is 0.649 bits per heavy atom. The summed E-state index contributed by atoms with van der Waals surface area (Å²) in [6.45, 7) is 2.49. The summed E-state index contributed by atoms with van der Waals surface area (Å²) >= 11 is 2.76. The Labute approximate surface area is 235 Å². The molecule has 1 fully saturated rings. The summed E-state index contributed by atoms with van der Waals surface area (Å²) in [6.07, 6.45) is 26.8. The maximum absolute atomic E-state index is 2.76. The number of benzene rings is 2. The largest absolute Gasteiger partial charge is 0.0777 e. The minimum Gasteiger partial charge on any atom is -0.0777 e. The Morgan fingerprint density at radius 3 is 1.95 bits per heavy atom. The van der Waals surface area contributed by atoms with Gasteiger partial charge in [-0.15, -0.1) is 0 Å². The van der Waals surface area contributed by atoms with Gasteiger partial charge in [0, 0.05) is 15.8 Å². The zero-order chi connectivity index (χ0) is 24.9. The highest BCUT2D eigenvalue weighted by molar-refractivity contribution is 14.1. The van der Waals surface area contributed by atoms with Crippen LogP contribution in [0.25, 0.3) is 11.1 Å². The normalized spacial score (nSPS) is 37.4. The Hall–Kier alpha value is -2.39. The minimum absolute atomic E-state index is 0.520. The summed E-state index contributed by atoms with van der Waals surface area (Å²) in [4.78, 5) is 0. The molecule has 0 amide bonds. The van der Waals surface area contributed by atoms with Crippen LogP contribution in [-0.2, 0) is 0 Å². The molecule has 2 aromatic rings. The second-order valence-corrected chi connectivity index (χ2v) is 13.2. The molecule has 0 radical (unpaired) electrons. The van der Waals surface area contributed by atoms with Gasteiger partial charge in [0.1, 0.15) is 0 Å². The molecule has 0 aliphatic heterocycles. The molecule has 0 saturated heterocycles. The minimum atomic E-state index is 0.520. The van der Waals surface area contributed by atoms with Crippen LogP contribution in [0.2, 0.25) is 0 Å². The van der Waals surface area contributed by atoms with Crippen LogP contribution in [-0.4, -0.2) is 3.92 Å². The summed E-state index contributed by atoms with van der Waals surface area (Å²) < 4.78 is 0.598. The summed E-state index contributed by atoms with van der Waals surface area (Å²) in [5.41, 5.74) is 7.28. The third kappa shape index (κ3) is 4.09. The summed E-state index contributed by atoms with van der Waals surface area (Å²) in [6, 6.07) is 20.6. The van der Waals surface area contributed by atoms with Gasteiger partial charge in [0.25, 0.3) is 0 Å². The molecule has 0 bridgehead atoms. The topological polar surface area (TPSA) is 0 Å². The van der Waals surface area contributed by atoms with Gasteiger partial charge in [-0.25, -0.2) is 0 Å². The first kappa shape index (κ1) is 23.7. The van der Waals surface area contributed by atoms with Gasteiger partial charge in [-0.05, 0) is 76.2 Å². The summed E-state index contributed by atoms with van der Waals surface area (Å²) in [5, 5.41) is 0. The van der Waals surface area contributed by atoms with Crippen molar-refractivity contribution in [2.24, 2.45) is 41.4 Å².